The van der Waals surface area contributed by atoms with E-state index in [1.165, 1.54) is 18.3 Å². The molecule has 0 radical (unpaired) electrons. The molecule has 1 aliphatic carbocycles. The maximum Gasteiger partial charge on any atom is 0.257 e. The van der Waals surface area contributed by atoms with E-state index >= 15 is 0 Å². The van der Waals surface area contributed by atoms with Crippen molar-refractivity contribution in [2.45, 2.75) is 31.3 Å². The lowest BCUT2D eigenvalue weighted by molar-refractivity contribution is 0.0848. The number of aliphatic hydroxyl groups excluding tert-OH is 1. The van der Waals surface area contributed by atoms with E-state index in [2.05, 4.69) is 5.32 Å². The number of carbonyl (C=O) groups excluding carboxylic acids is 1. The van der Waals surface area contributed by atoms with Crippen LogP contribution in [0.3, 0.4) is 0 Å². The van der Waals surface area contributed by atoms with Gasteiger partial charge in [0.05, 0.1) is 17.7 Å². The number of hydrogen-bond donors (Lipinski definition) is 3. The fourth-order valence-electron chi connectivity index (χ4n) is 3.51. The Bertz CT molecular complexity index is 1200. The number of amides is 1. The summed E-state index contributed by atoms with van der Waals surface area (Å²) in [5.74, 6) is -2.94. The number of aromatic nitrogens is 1. The lowest BCUT2D eigenvalue weighted by Gasteiger charge is -2.29. The summed E-state index contributed by atoms with van der Waals surface area (Å²) < 4.78 is 29.2. The van der Waals surface area contributed by atoms with Crippen LogP contribution in [0.25, 0.3) is 10.9 Å². The van der Waals surface area contributed by atoms with Crippen LogP contribution < -0.4 is 10.7 Å². The molecule has 1 fully saturated rings. The van der Waals surface area contributed by atoms with Gasteiger partial charge in [-0.05, 0) is 43.5 Å². The van der Waals surface area contributed by atoms with Gasteiger partial charge in [-0.3, -0.25) is 9.59 Å². The number of phenolic OH excluding ortho intramolecular Hbond substituents is 1. The molecule has 1 aromatic heterocycles. The first kappa shape index (κ1) is 20.0. The van der Waals surface area contributed by atoms with Crippen molar-refractivity contribution in [3.05, 3.63) is 75.6 Å². The number of rotatable bonds is 5. The van der Waals surface area contributed by atoms with Crippen molar-refractivity contribution < 1.29 is 23.8 Å². The van der Waals surface area contributed by atoms with E-state index in [0.717, 1.165) is 25.0 Å². The highest BCUT2D eigenvalue weighted by atomic mass is 19.2. The number of carbonyl (C=O) groups is 1. The van der Waals surface area contributed by atoms with Crippen molar-refractivity contribution in [1.29, 1.82) is 0 Å². The Kier molecular flexibility index (Phi) is 4.82. The van der Waals surface area contributed by atoms with Crippen molar-refractivity contribution in [2.75, 3.05) is 6.61 Å². The topological polar surface area (TPSA) is 91.6 Å². The summed E-state index contributed by atoms with van der Waals surface area (Å²) in [5, 5.41) is 22.0. The van der Waals surface area contributed by atoms with E-state index in [0.29, 0.717) is 5.56 Å². The highest BCUT2D eigenvalue weighted by Gasteiger charge is 2.31. The number of nitrogens with zero attached hydrogens (tertiary/aromatic N) is 1. The molecule has 1 aliphatic rings. The molecule has 6 nitrogen and oxygen atoms in total. The van der Waals surface area contributed by atoms with E-state index in [4.69, 9.17) is 0 Å². The minimum Gasteiger partial charge on any atom is -0.508 e. The number of hydrogen-bond acceptors (Lipinski definition) is 4. The second kappa shape index (κ2) is 7.21. The summed E-state index contributed by atoms with van der Waals surface area (Å²) in [5.41, 5.74) is -1.41. The molecule has 30 heavy (non-hydrogen) atoms. The summed E-state index contributed by atoms with van der Waals surface area (Å²) >= 11 is 0. The lowest BCUT2D eigenvalue weighted by Crippen LogP contribution is -2.47. The first-order chi connectivity index (χ1) is 14.2. The smallest absolute Gasteiger partial charge is 0.257 e. The van der Waals surface area contributed by atoms with Gasteiger partial charge in [0.1, 0.15) is 11.3 Å². The number of nitrogens with one attached hydrogen (secondary N) is 1. The summed E-state index contributed by atoms with van der Waals surface area (Å²) in [7, 11) is 0. The van der Waals surface area contributed by atoms with Gasteiger partial charge in [0.15, 0.2) is 11.6 Å². The van der Waals surface area contributed by atoms with Crippen LogP contribution >= 0.6 is 0 Å². The zero-order valence-corrected chi connectivity index (χ0v) is 16.2. The third kappa shape index (κ3) is 3.43. The van der Waals surface area contributed by atoms with Gasteiger partial charge in [-0.2, -0.15) is 0 Å². The van der Waals surface area contributed by atoms with Gasteiger partial charge in [-0.1, -0.05) is 12.1 Å². The number of aromatic hydroxyl groups is 1. The van der Waals surface area contributed by atoms with Gasteiger partial charge < -0.3 is 20.1 Å². The van der Waals surface area contributed by atoms with Crippen LogP contribution in [-0.4, -0.2) is 27.3 Å². The highest BCUT2D eigenvalue weighted by Crippen LogP contribution is 2.37. The molecule has 1 heterocycles. The molecule has 1 atom stereocenters. The van der Waals surface area contributed by atoms with Crippen molar-refractivity contribution in [2.24, 2.45) is 0 Å². The molecule has 0 bridgehead atoms. The Balaban J connectivity index is 1.79. The summed E-state index contributed by atoms with van der Waals surface area (Å²) in [6, 6.07) is 7.73. The molecular weight excluding hydrogens is 394 g/mol. The maximum atomic E-state index is 13.8. The summed E-state index contributed by atoms with van der Waals surface area (Å²) in [6.07, 6.45) is 2.98. The quantitative estimate of drug-likeness (QED) is 0.599. The predicted octanol–water partition coefficient (Wildman–Crippen LogP) is 2.96. The lowest BCUT2D eigenvalue weighted by atomic mass is 9.92. The molecule has 0 aliphatic heterocycles. The van der Waals surface area contributed by atoms with Crippen molar-refractivity contribution in [3.8, 4) is 5.75 Å². The van der Waals surface area contributed by atoms with Crippen LogP contribution in [0.1, 0.15) is 41.7 Å². The molecule has 1 amide bonds. The van der Waals surface area contributed by atoms with E-state index in [-0.39, 0.29) is 28.3 Å². The van der Waals surface area contributed by atoms with Crippen LogP contribution in [0.15, 0.2) is 47.4 Å². The normalized spacial score (nSPS) is 15.7. The first-order valence-corrected chi connectivity index (χ1v) is 9.50. The first-order valence-electron chi connectivity index (χ1n) is 9.50. The number of halogens is 2. The van der Waals surface area contributed by atoms with Crippen LogP contribution in [0.4, 0.5) is 8.78 Å². The molecule has 0 spiro atoms. The fourth-order valence-corrected chi connectivity index (χ4v) is 3.51. The summed E-state index contributed by atoms with van der Waals surface area (Å²) in [6.45, 7) is 1.11. The van der Waals surface area contributed by atoms with Gasteiger partial charge in [0, 0.05) is 23.7 Å². The van der Waals surface area contributed by atoms with Crippen LogP contribution in [0.5, 0.6) is 5.75 Å². The van der Waals surface area contributed by atoms with Gasteiger partial charge in [-0.25, -0.2) is 8.78 Å². The molecule has 1 unspecified atom stereocenters. The molecule has 3 aromatic rings. The molecule has 1 saturated carbocycles. The predicted molar refractivity (Wildman–Crippen MR) is 106 cm³/mol. The zero-order chi connectivity index (χ0) is 21.6. The number of phenols is 1. The minimum absolute atomic E-state index is 0.00540. The SMILES string of the molecule is CC(CO)(NC(=O)c1cn(C2CC2)c2cc(F)c(F)cc2c1=O)c1ccc(O)cc1. The molecule has 4 rings (SSSR count). The number of benzene rings is 2. The molecule has 0 saturated heterocycles. The average Bonchev–Trinajstić information content (AvgIpc) is 3.55. The number of aliphatic hydroxyl groups is 1. The van der Waals surface area contributed by atoms with Crippen LogP contribution in [0, 0.1) is 11.6 Å². The van der Waals surface area contributed by atoms with E-state index < -0.39 is 35.1 Å². The Morgan fingerprint density at radius 3 is 2.43 bits per heavy atom. The third-order valence-electron chi connectivity index (χ3n) is 5.47. The largest absolute Gasteiger partial charge is 0.508 e. The Morgan fingerprint density at radius 1 is 1.20 bits per heavy atom. The monoisotopic (exact) mass is 414 g/mol. The van der Waals surface area contributed by atoms with Crippen molar-refractivity contribution in [1.82, 2.24) is 9.88 Å². The standard InChI is InChI=1S/C22H20F2N2O4/c1-22(11-27,12-2-6-14(28)7-3-12)25-21(30)16-10-26(13-4-5-13)19-9-18(24)17(23)8-15(19)20(16)29/h2-3,6-10,13,27-28H,4-5,11H2,1H3,(H,25,30). The minimum atomic E-state index is -1.23. The maximum absolute atomic E-state index is 13.8. The molecular formula is C22H20F2N2O4. The second-order valence-corrected chi connectivity index (χ2v) is 7.79. The van der Waals surface area contributed by atoms with E-state index in [1.807, 2.05) is 0 Å². The summed E-state index contributed by atoms with van der Waals surface area (Å²) in [4.78, 5) is 25.9. The fraction of sp³-hybridized carbons (Fsp3) is 0.273. The molecule has 8 heteroatoms. The van der Waals surface area contributed by atoms with Crippen molar-refractivity contribution >= 4 is 16.8 Å². The average molecular weight is 414 g/mol. The molecule has 2 aromatic carbocycles. The number of pyridine rings is 1. The second-order valence-electron chi connectivity index (χ2n) is 7.79. The molecule has 156 valence electrons. The highest BCUT2D eigenvalue weighted by molar-refractivity contribution is 5.98. The Hall–Kier alpha value is -3.26. The Labute approximate surface area is 170 Å². The van der Waals surface area contributed by atoms with Crippen LogP contribution in [-0.2, 0) is 5.54 Å². The molecule has 3 N–H and O–H groups in total. The number of fused-ring (bicyclic) bond motifs is 1. The van der Waals surface area contributed by atoms with Gasteiger partial charge in [0.2, 0.25) is 5.43 Å². The van der Waals surface area contributed by atoms with Gasteiger partial charge in [0.25, 0.3) is 5.91 Å². The van der Waals surface area contributed by atoms with Crippen molar-refractivity contribution in [3.63, 3.8) is 0 Å². The van der Waals surface area contributed by atoms with Gasteiger partial charge in [-0.15, -0.1) is 0 Å². The van der Waals surface area contributed by atoms with E-state index in [9.17, 15) is 28.6 Å². The van der Waals surface area contributed by atoms with Crippen LogP contribution in [0.2, 0.25) is 0 Å². The third-order valence-corrected chi connectivity index (χ3v) is 5.47. The van der Waals surface area contributed by atoms with E-state index in [1.54, 1.807) is 23.6 Å². The Morgan fingerprint density at radius 2 is 1.83 bits per heavy atom. The zero-order valence-electron chi connectivity index (χ0n) is 16.2. The van der Waals surface area contributed by atoms with Gasteiger partial charge >= 0.3 is 0 Å².